The number of benzene rings is 1. The molecule has 7 nitrogen and oxygen atoms in total. The Morgan fingerprint density at radius 1 is 1.04 bits per heavy atom. The highest BCUT2D eigenvalue weighted by Crippen LogP contribution is 2.27. The lowest BCUT2D eigenvalue weighted by molar-refractivity contribution is -0.118. The number of furan rings is 1. The first-order chi connectivity index (χ1) is 12.7. The van der Waals surface area contributed by atoms with Gasteiger partial charge in [0.15, 0.2) is 0 Å². The van der Waals surface area contributed by atoms with E-state index in [0.717, 1.165) is 24.5 Å². The van der Waals surface area contributed by atoms with Gasteiger partial charge in [-0.3, -0.25) is 10.1 Å². The Balaban J connectivity index is 1.47. The second kappa shape index (κ2) is 8.94. The smallest absolute Gasteiger partial charge is 0.321 e. The zero-order valence-electron chi connectivity index (χ0n) is 14.7. The van der Waals surface area contributed by atoms with E-state index in [1.165, 1.54) is 25.5 Å². The number of para-hydroxylation sites is 2. The first kappa shape index (κ1) is 17.8. The third-order valence-corrected chi connectivity index (χ3v) is 4.30. The molecule has 1 aliphatic rings. The van der Waals surface area contributed by atoms with Crippen LogP contribution in [0.1, 0.15) is 25.0 Å². The second-order valence-electron chi connectivity index (χ2n) is 6.23. The quantitative estimate of drug-likeness (QED) is 0.741. The molecule has 3 N–H and O–H groups in total. The predicted molar refractivity (Wildman–Crippen MR) is 100 cm³/mol. The van der Waals surface area contributed by atoms with E-state index in [1.807, 2.05) is 18.2 Å². The van der Waals surface area contributed by atoms with Crippen molar-refractivity contribution in [3.05, 3.63) is 48.4 Å². The average molecular weight is 356 g/mol. The van der Waals surface area contributed by atoms with Crippen molar-refractivity contribution in [1.29, 1.82) is 0 Å². The number of nitrogens with zero attached hydrogens (tertiary/aromatic N) is 1. The number of hydrogen-bond donors (Lipinski definition) is 3. The van der Waals surface area contributed by atoms with Gasteiger partial charge in [-0.05, 0) is 43.5 Å². The van der Waals surface area contributed by atoms with Crippen LogP contribution < -0.4 is 20.9 Å². The van der Waals surface area contributed by atoms with Crippen LogP contribution in [0.15, 0.2) is 47.1 Å². The monoisotopic (exact) mass is 356 g/mol. The summed E-state index contributed by atoms with van der Waals surface area (Å²) in [7, 11) is 0. The van der Waals surface area contributed by atoms with Gasteiger partial charge in [0.25, 0.3) is 0 Å². The molecule has 7 heteroatoms. The molecule has 1 saturated heterocycles. The Hall–Kier alpha value is -2.96. The normalized spacial score (nSPS) is 13.9. The summed E-state index contributed by atoms with van der Waals surface area (Å²) in [5.74, 6) is 0.233. The van der Waals surface area contributed by atoms with Crippen LogP contribution in [0, 0.1) is 0 Å². The zero-order valence-corrected chi connectivity index (χ0v) is 14.7. The van der Waals surface area contributed by atoms with Gasteiger partial charge in [-0.1, -0.05) is 12.1 Å². The van der Waals surface area contributed by atoms with E-state index < -0.39 is 11.9 Å². The predicted octanol–water partition coefficient (Wildman–Crippen LogP) is 2.71. The number of hydrogen-bond acceptors (Lipinski definition) is 5. The molecule has 1 aromatic heterocycles. The summed E-state index contributed by atoms with van der Waals surface area (Å²) in [6.45, 7) is 2.32. The van der Waals surface area contributed by atoms with Crippen molar-refractivity contribution < 1.29 is 14.0 Å². The van der Waals surface area contributed by atoms with Crippen molar-refractivity contribution in [2.45, 2.75) is 25.8 Å². The summed E-state index contributed by atoms with van der Waals surface area (Å²) in [6, 6.07) is 10.9. The van der Waals surface area contributed by atoms with Crippen LogP contribution in [0.25, 0.3) is 0 Å². The molecule has 26 heavy (non-hydrogen) atoms. The highest BCUT2D eigenvalue weighted by atomic mass is 16.3. The fraction of sp³-hybridized carbons (Fsp3) is 0.368. The number of urea groups is 1. The summed E-state index contributed by atoms with van der Waals surface area (Å²) < 4.78 is 5.12. The number of nitrogens with one attached hydrogen (secondary N) is 3. The van der Waals surface area contributed by atoms with Crippen LogP contribution in [0.5, 0.6) is 0 Å². The van der Waals surface area contributed by atoms with E-state index >= 15 is 0 Å². The molecule has 0 unspecified atom stereocenters. The van der Waals surface area contributed by atoms with E-state index in [-0.39, 0.29) is 13.1 Å². The maximum absolute atomic E-state index is 12.0. The van der Waals surface area contributed by atoms with Gasteiger partial charge in [0.2, 0.25) is 5.91 Å². The molecule has 2 heterocycles. The van der Waals surface area contributed by atoms with Crippen molar-refractivity contribution in [3.63, 3.8) is 0 Å². The van der Waals surface area contributed by atoms with Crippen molar-refractivity contribution >= 4 is 23.3 Å². The van der Waals surface area contributed by atoms with Gasteiger partial charge < -0.3 is 20.0 Å². The fourth-order valence-electron chi connectivity index (χ4n) is 3.00. The van der Waals surface area contributed by atoms with Crippen LogP contribution in [0.2, 0.25) is 0 Å². The van der Waals surface area contributed by atoms with Gasteiger partial charge in [-0.25, -0.2) is 4.79 Å². The van der Waals surface area contributed by atoms with Gasteiger partial charge in [0.05, 0.1) is 30.7 Å². The number of amides is 3. The molecule has 3 rings (SSSR count). The third kappa shape index (κ3) is 5.02. The maximum atomic E-state index is 12.0. The summed E-state index contributed by atoms with van der Waals surface area (Å²) >= 11 is 0. The van der Waals surface area contributed by atoms with E-state index in [0.29, 0.717) is 5.76 Å². The summed E-state index contributed by atoms with van der Waals surface area (Å²) in [5, 5.41) is 8.01. The van der Waals surface area contributed by atoms with Gasteiger partial charge >= 0.3 is 6.03 Å². The van der Waals surface area contributed by atoms with Crippen molar-refractivity contribution in [3.8, 4) is 0 Å². The Bertz CT molecular complexity index is 724. The highest BCUT2D eigenvalue weighted by molar-refractivity contribution is 5.96. The Labute approximate surface area is 152 Å². The van der Waals surface area contributed by atoms with Gasteiger partial charge in [0, 0.05) is 13.1 Å². The number of piperidine rings is 1. The molecule has 1 fully saturated rings. The topological polar surface area (TPSA) is 86.6 Å². The van der Waals surface area contributed by atoms with Crippen molar-refractivity contribution in [1.82, 2.24) is 10.6 Å². The molecule has 138 valence electrons. The third-order valence-electron chi connectivity index (χ3n) is 4.30. The Kier molecular flexibility index (Phi) is 6.14. The van der Waals surface area contributed by atoms with Crippen LogP contribution in [0.3, 0.4) is 0 Å². The minimum atomic E-state index is -0.544. The number of carbonyl (C=O) groups excluding carboxylic acids is 2. The standard InChI is InChI=1S/C19H24N4O3/c24-18(22-19(25)21-13-15-7-6-12-26-15)14-20-16-8-2-3-9-17(16)23-10-4-1-5-11-23/h2-3,6-9,12,20H,1,4-5,10-11,13-14H2,(H2,21,22,24,25). The fourth-order valence-corrected chi connectivity index (χ4v) is 3.00. The van der Waals surface area contributed by atoms with Crippen LogP contribution in [-0.2, 0) is 11.3 Å². The van der Waals surface area contributed by atoms with Gasteiger partial charge in [-0.2, -0.15) is 0 Å². The summed E-state index contributed by atoms with van der Waals surface area (Å²) in [6.07, 6.45) is 5.17. The molecular formula is C19H24N4O3. The molecular weight excluding hydrogens is 332 g/mol. The molecule has 0 atom stereocenters. The molecule has 1 aliphatic heterocycles. The van der Waals surface area contributed by atoms with E-state index in [9.17, 15) is 9.59 Å². The van der Waals surface area contributed by atoms with E-state index in [2.05, 4.69) is 26.9 Å². The zero-order chi connectivity index (χ0) is 18.2. The van der Waals surface area contributed by atoms with Crippen LogP contribution >= 0.6 is 0 Å². The lowest BCUT2D eigenvalue weighted by Crippen LogP contribution is -2.41. The van der Waals surface area contributed by atoms with Gasteiger partial charge in [0.1, 0.15) is 5.76 Å². The lowest BCUT2D eigenvalue weighted by Gasteiger charge is -2.30. The number of carbonyl (C=O) groups is 2. The Morgan fingerprint density at radius 3 is 2.62 bits per heavy atom. The number of rotatable bonds is 6. The second-order valence-corrected chi connectivity index (χ2v) is 6.23. The minimum absolute atomic E-state index is 0.0268. The molecule has 0 spiro atoms. The van der Waals surface area contributed by atoms with Crippen LogP contribution in [-0.4, -0.2) is 31.6 Å². The van der Waals surface area contributed by atoms with Crippen molar-refractivity contribution in [2.24, 2.45) is 0 Å². The Morgan fingerprint density at radius 2 is 1.85 bits per heavy atom. The molecule has 2 aromatic rings. The average Bonchev–Trinajstić information content (AvgIpc) is 3.19. The van der Waals surface area contributed by atoms with Gasteiger partial charge in [-0.15, -0.1) is 0 Å². The molecule has 0 saturated carbocycles. The molecule has 3 amide bonds. The first-order valence-electron chi connectivity index (χ1n) is 8.90. The lowest BCUT2D eigenvalue weighted by atomic mass is 10.1. The molecule has 0 bridgehead atoms. The maximum Gasteiger partial charge on any atom is 0.321 e. The SMILES string of the molecule is O=C(CNc1ccccc1N1CCCCC1)NC(=O)NCc1ccco1. The summed E-state index contributed by atoms with van der Waals surface area (Å²) in [4.78, 5) is 26.1. The van der Waals surface area contributed by atoms with E-state index in [4.69, 9.17) is 4.42 Å². The molecule has 0 radical (unpaired) electrons. The van der Waals surface area contributed by atoms with E-state index in [1.54, 1.807) is 12.1 Å². The summed E-state index contributed by atoms with van der Waals surface area (Å²) in [5.41, 5.74) is 2.00. The first-order valence-corrected chi connectivity index (χ1v) is 8.90. The molecule has 0 aliphatic carbocycles. The number of anilines is 2. The highest BCUT2D eigenvalue weighted by Gasteiger charge is 2.15. The number of imide groups is 1. The van der Waals surface area contributed by atoms with Crippen LogP contribution in [0.4, 0.5) is 16.2 Å². The molecule has 1 aromatic carbocycles. The largest absolute Gasteiger partial charge is 0.467 e. The van der Waals surface area contributed by atoms with Crippen molar-refractivity contribution in [2.75, 3.05) is 29.9 Å². The minimum Gasteiger partial charge on any atom is -0.467 e.